The molecule has 15 heavy (non-hydrogen) atoms. The summed E-state index contributed by atoms with van der Waals surface area (Å²) in [7, 11) is 0. The van der Waals surface area contributed by atoms with Crippen LogP contribution in [0, 0.1) is 0 Å². The molecule has 2 N–H and O–H groups in total. The van der Waals surface area contributed by atoms with Gasteiger partial charge in [0.15, 0.2) is 0 Å². The van der Waals surface area contributed by atoms with Crippen LogP contribution in [0.15, 0.2) is 28.7 Å². The van der Waals surface area contributed by atoms with Crippen LogP contribution < -0.4 is 10.6 Å². The molecule has 0 saturated heterocycles. The second-order valence-corrected chi connectivity index (χ2v) is 4.95. The highest BCUT2D eigenvalue weighted by atomic mass is 79.9. The molecule has 1 saturated carbocycles. The fraction of sp³-hybridized carbons (Fsp3) is 0.500. The Morgan fingerprint density at radius 3 is 2.53 bits per heavy atom. The maximum absolute atomic E-state index is 3.48. The normalized spacial score (nSPS) is 15.5. The molecule has 1 fully saturated rings. The first kappa shape index (κ1) is 11.1. The van der Waals surface area contributed by atoms with Gasteiger partial charge in [0, 0.05) is 30.1 Å². The van der Waals surface area contributed by atoms with E-state index in [1.807, 2.05) is 0 Å². The third kappa shape index (κ3) is 4.33. The van der Waals surface area contributed by atoms with Crippen molar-refractivity contribution in [2.24, 2.45) is 0 Å². The van der Waals surface area contributed by atoms with Crippen LogP contribution in [0.2, 0.25) is 0 Å². The summed E-state index contributed by atoms with van der Waals surface area (Å²) in [5, 5.41) is 6.91. The number of rotatable bonds is 6. The minimum atomic E-state index is 0.819. The third-order valence-electron chi connectivity index (χ3n) is 2.55. The average molecular weight is 269 g/mol. The van der Waals surface area contributed by atoms with Crippen molar-refractivity contribution < 1.29 is 0 Å². The molecule has 0 amide bonds. The molecule has 1 aromatic rings. The third-order valence-corrected chi connectivity index (χ3v) is 3.08. The van der Waals surface area contributed by atoms with E-state index >= 15 is 0 Å². The van der Waals surface area contributed by atoms with Gasteiger partial charge in [0.1, 0.15) is 0 Å². The summed E-state index contributed by atoms with van der Waals surface area (Å²) in [6.45, 7) is 3.09. The standard InChI is InChI=1S/C12H17BrN2/c13-11-3-1-10(2-4-11)9-14-7-8-15-12-5-6-12/h1-4,12,14-15H,5-9H2. The summed E-state index contributed by atoms with van der Waals surface area (Å²) < 4.78 is 1.14. The summed E-state index contributed by atoms with van der Waals surface area (Å²) in [6, 6.07) is 9.27. The summed E-state index contributed by atoms with van der Waals surface area (Å²) in [5.41, 5.74) is 1.34. The van der Waals surface area contributed by atoms with Crippen LogP contribution in [0.4, 0.5) is 0 Å². The lowest BCUT2D eigenvalue weighted by atomic mass is 10.2. The smallest absolute Gasteiger partial charge is 0.0206 e. The van der Waals surface area contributed by atoms with Gasteiger partial charge >= 0.3 is 0 Å². The Kier molecular flexibility index (Phi) is 4.18. The molecule has 0 heterocycles. The average Bonchev–Trinajstić information content (AvgIpc) is 3.04. The van der Waals surface area contributed by atoms with Crippen LogP contribution in [0.1, 0.15) is 18.4 Å². The van der Waals surface area contributed by atoms with Gasteiger partial charge in [-0.3, -0.25) is 0 Å². The molecular formula is C12H17BrN2. The summed E-state index contributed by atoms with van der Waals surface area (Å²) in [6.07, 6.45) is 2.74. The number of nitrogens with one attached hydrogen (secondary N) is 2. The largest absolute Gasteiger partial charge is 0.313 e. The van der Waals surface area contributed by atoms with Crippen molar-refractivity contribution >= 4 is 15.9 Å². The second-order valence-electron chi connectivity index (χ2n) is 4.03. The Hall–Kier alpha value is -0.380. The van der Waals surface area contributed by atoms with Crippen LogP contribution in [-0.2, 0) is 6.54 Å². The van der Waals surface area contributed by atoms with E-state index in [9.17, 15) is 0 Å². The van der Waals surface area contributed by atoms with E-state index in [1.54, 1.807) is 0 Å². The lowest BCUT2D eigenvalue weighted by molar-refractivity contribution is 0.608. The van der Waals surface area contributed by atoms with Crippen molar-refractivity contribution in [3.63, 3.8) is 0 Å². The van der Waals surface area contributed by atoms with Gasteiger partial charge in [0.05, 0.1) is 0 Å². The van der Waals surface area contributed by atoms with Gasteiger partial charge < -0.3 is 10.6 Å². The zero-order valence-electron chi connectivity index (χ0n) is 8.80. The number of halogens is 1. The molecule has 1 aliphatic carbocycles. The van der Waals surface area contributed by atoms with Crippen molar-refractivity contribution in [1.82, 2.24) is 10.6 Å². The molecule has 82 valence electrons. The number of hydrogen-bond acceptors (Lipinski definition) is 2. The van der Waals surface area contributed by atoms with Gasteiger partial charge in [-0.25, -0.2) is 0 Å². The molecule has 0 atom stereocenters. The molecule has 0 aromatic heterocycles. The molecule has 1 aromatic carbocycles. The van der Waals surface area contributed by atoms with Gasteiger partial charge in [0.2, 0.25) is 0 Å². The van der Waals surface area contributed by atoms with Gasteiger partial charge in [0.25, 0.3) is 0 Å². The first-order valence-corrected chi connectivity index (χ1v) is 6.32. The Labute approximate surface area is 99.6 Å². The van der Waals surface area contributed by atoms with Crippen molar-refractivity contribution in [1.29, 1.82) is 0 Å². The molecule has 3 heteroatoms. The van der Waals surface area contributed by atoms with Crippen LogP contribution >= 0.6 is 15.9 Å². The Morgan fingerprint density at radius 1 is 1.13 bits per heavy atom. The molecule has 0 radical (unpaired) electrons. The lowest BCUT2D eigenvalue weighted by Crippen LogP contribution is -2.28. The summed E-state index contributed by atoms with van der Waals surface area (Å²) in [5.74, 6) is 0. The Bertz CT molecular complexity index is 293. The molecule has 0 bridgehead atoms. The van der Waals surface area contributed by atoms with E-state index in [0.29, 0.717) is 0 Å². The maximum atomic E-state index is 3.48. The lowest BCUT2D eigenvalue weighted by Gasteiger charge is -2.05. The molecule has 2 nitrogen and oxygen atoms in total. The maximum Gasteiger partial charge on any atom is 0.0206 e. The van der Waals surface area contributed by atoms with E-state index in [2.05, 4.69) is 50.8 Å². The summed E-state index contributed by atoms with van der Waals surface area (Å²) in [4.78, 5) is 0. The Morgan fingerprint density at radius 2 is 1.87 bits per heavy atom. The van der Waals surface area contributed by atoms with E-state index in [-0.39, 0.29) is 0 Å². The number of hydrogen-bond donors (Lipinski definition) is 2. The molecule has 0 aliphatic heterocycles. The van der Waals surface area contributed by atoms with Gasteiger partial charge in [-0.2, -0.15) is 0 Å². The topological polar surface area (TPSA) is 24.1 Å². The summed E-state index contributed by atoms with van der Waals surface area (Å²) >= 11 is 3.43. The highest BCUT2D eigenvalue weighted by Crippen LogP contribution is 2.17. The highest BCUT2D eigenvalue weighted by molar-refractivity contribution is 9.10. The van der Waals surface area contributed by atoms with Crippen LogP contribution in [0.5, 0.6) is 0 Å². The van der Waals surface area contributed by atoms with E-state index < -0.39 is 0 Å². The SMILES string of the molecule is Brc1ccc(CNCCNC2CC2)cc1. The predicted octanol–water partition coefficient (Wildman–Crippen LogP) is 2.29. The Balaban J connectivity index is 1.58. The van der Waals surface area contributed by atoms with Gasteiger partial charge in [-0.1, -0.05) is 28.1 Å². The fourth-order valence-electron chi connectivity index (χ4n) is 1.49. The highest BCUT2D eigenvalue weighted by Gasteiger charge is 2.19. The van der Waals surface area contributed by atoms with Crippen molar-refractivity contribution in [3.05, 3.63) is 34.3 Å². The molecule has 2 rings (SSSR count). The molecule has 0 spiro atoms. The quantitative estimate of drug-likeness (QED) is 0.774. The first-order chi connectivity index (χ1) is 7.34. The number of benzene rings is 1. The molecule has 0 unspecified atom stereocenters. The van der Waals surface area contributed by atoms with Gasteiger partial charge in [-0.15, -0.1) is 0 Å². The van der Waals surface area contributed by atoms with Crippen molar-refractivity contribution in [2.75, 3.05) is 13.1 Å². The first-order valence-electron chi connectivity index (χ1n) is 5.53. The monoisotopic (exact) mass is 268 g/mol. The van der Waals surface area contributed by atoms with Crippen LogP contribution in [0.25, 0.3) is 0 Å². The predicted molar refractivity (Wildman–Crippen MR) is 66.9 cm³/mol. The minimum Gasteiger partial charge on any atom is -0.313 e. The van der Waals surface area contributed by atoms with Crippen LogP contribution in [0.3, 0.4) is 0 Å². The minimum absolute atomic E-state index is 0.819. The van der Waals surface area contributed by atoms with Crippen molar-refractivity contribution in [2.45, 2.75) is 25.4 Å². The molecule has 1 aliphatic rings. The van der Waals surface area contributed by atoms with E-state index in [1.165, 1.54) is 18.4 Å². The fourth-order valence-corrected chi connectivity index (χ4v) is 1.75. The zero-order valence-corrected chi connectivity index (χ0v) is 10.4. The van der Waals surface area contributed by atoms with E-state index in [4.69, 9.17) is 0 Å². The van der Waals surface area contributed by atoms with Crippen molar-refractivity contribution in [3.8, 4) is 0 Å². The van der Waals surface area contributed by atoms with Gasteiger partial charge in [-0.05, 0) is 30.5 Å². The van der Waals surface area contributed by atoms with E-state index in [0.717, 1.165) is 30.1 Å². The van der Waals surface area contributed by atoms with Crippen LogP contribution in [-0.4, -0.2) is 19.1 Å². The second kappa shape index (κ2) is 5.64. The zero-order chi connectivity index (χ0) is 10.5. The molecular weight excluding hydrogens is 252 g/mol.